The molecule has 2 atom stereocenters. The van der Waals surface area contributed by atoms with Crippen LogP contribution in [0.2, 0.25) is 0 Å². The second kappa shape index (κ2) is 4.66. The molecule has 0 aromatic heterocycles. The van der Waals surface area contributed by atoms with Crippen LogP contribution in [0, 0.1) is 11.8 Å². The highest BCUT2D eigenvalue weighted by molar-refractivity contribution is 5.71. The van der Waals surface area contributed by atoms with E-state index in [0.717, 1.165) is 18.4 Å². The summed E-state index contributed by atoms with van der Waals surface area (Å²) in [6.07, 6.45) is 1.63. The van der Waals surface area contributed by atoms with Gasteiger partial charge < -0.3 is 10.2 Å². The highest BCUT2D eigenvalue weighted by Crippen LogP contribution is 2.36. The highest BCUT2D eigenvalue weighted by atomic mass is 16.4. The molecule has 1 aromatic carbocycles. The first-order valence-electron chi connectivity index (χ1n) is 5.63. The molecule has 1 aromatic rings. The third-order valence-electron chi connectivity index (χ3n) is 3.13. The molecular weight excluding hydrogens is 204 g/mol. The third kappa shape index (κ3) is 2.61. The van der Waals surface area contributed by atoms with E-state index in [1.165, 1.54) is 0 Å². The Morgan fingerprint density at radius 1 is 1.31 bits per heavy atom. The Kier molecular flexibility index (Phi) is 3.25. The predicted molar refractivity (Wildman–Crippen MR) is 60.0 cm³/mol. The number of carbonyl (C=O) groups is 1. The minimum absolute atomic E-state index is 0.199. The standard InChI is InChI=1S/C13H16O3/c14-12(10-6-7-10)11(13(15)16)8-9-4-2-1-3-5-9/h1-5,10-12,14H,6-8H2,(H,15,16). The summed E-state index contributed by atoms with van der Waals surface area (Å²) >= 11 is 0. The zero-order valence-electron chi connectivity index (χ0n) is 9.04. The van der Waals surface area contributed by atoms with Crippen LogP contribution < -0.4 is 0 Å². The molecule has 0 bridgehead atoms. The molecule has 0 heterocycles. The quantitative estimate of drug-likeness (QED) is 0.794. The minimum Gasteiger partial charge on any atom is -0.481 e. The van der Waals surface area contributed by atoms with Gasteiger partial charge in [0.2, 0.25) is 0 Å². The van der Waals surface area contributed by atoms with Gasteiger partial charge in [-0.3, -0.25) is 4.79 Å². The summed E-state index contributed by atoms with van der Waals surface area (Å²) in [6.45, 7) is 0. The zero-order chi connectivity index (χ0) is 11.5. The second-order valence-corrected chi connectivity index (χ2v) is 4.46. The Hall–Kier alpha value is -1.35. The molecule has 0 aliphatic heterocycles. The largest absolute Gasteiger partial charge is 0.481 e. The molecule has 0 spiro atoms. The van der Waals surface area contributed by atoms with Gasteiger partial charge in [-0.25, -0.2) is 0 Å². The van der Waals surface area contributed by atoms with Gasteiger partial charge in [-0.1, -0.05) is 30.3 Å². The Morgan fingerprint density at radius 3 is 2.44 bits per heavy atom. The number of hydrogen-bond acceptors (Lipinski definition) is 2. The lowest BCUT2D eigenvalue weighted by atomic mass is 9.91. The molecule has 1 aliphatic rings. The van der Waals surface area contributed by atoms with Crippen molar-refractivity contribution in [1.82, 2.24) is 0 Å². The minimum atomic E-state index is -0.900. The monoisotopic (exact) mass is 220 g/mol. The molecule has 2 N–H and O–H groups in total. The van der Waals surface area contributed by atoms with Crippen LogP contribution in [0.4, 0.5) is 0 Å². The molecule has 1 saturated carbocycles. The van der Waals surface area contributed by atoms with Gasteiger partial charge in [0, 0.05) is 0 Å². The van der Waals surface area contributed by atoms with E-state index in [9.17, 15) is 9.90 Å². The number of carboxylic acids is 1. The van der Waals surface area contributed by atoms with Gasteiger partial charge in [0.25, 0.3) is 0 Å². The fourth-order valence-electron chi connectivity index (χ4n) is 1.99. The highest BCUT2D eigenvalue weighted by Gasteiger charge is 2.38. The van der Waals surface area contributed by atoms with Crippen LogP contribution in [-0.2, 0) is 11.2 Å². The van der Waals surface area contributed by atoms with Gasteiger partial charge in [0.05, 0.1) is 12.0 Å². The Bertz CT molecular complexity index is 357. The summed E-state index contributed by atoms with van der Waals surface area (Å²) in [6, 6.07) is 9.47. The van der Waals surface area contributed by atoms with Gasteiger partial charge in [-0.15, -0.1) is 0 Å². The Balaban J connectivity index is 2.05. The molecule has 86 valence electrons. The molecule has 2 rings (SSSR count). The van der Waals surface area contributed by atoms with Crippen molar-refractivity contribution >= 4 is 5.97 Å². The molecule has 3 nitrogen and oxygen atoms in total. The first-order valence-corrected chi connectivity index (χ1v) is 5.63. The number of rotatable bonds is 5. The number of aliphatic carboxylic acids is 1. The average Bonchev–Trinajstić information content (AvgIpc) is 3.10. The fraction of sp³-hybridized carbons (Fsp3) is 0.462. The molecule has 3 heteroatoms. The van der Waals surface area contributed by atoms with Crippen molar-refractivity contribution in [1.29, 1.82) is 0 Å². The van der Waals surface area contributed by atoms with Crippen LogP contribution in [0.1, 0.15) is 18.4 Å². The summed E-state index contributed by atoms with van der Waals surface area (Å²) < 4.78 is 0. The van der Waals surface area contributed by atoms with Crippen molar-refractivity contribution < 1.29 is 15.0 Å². The first-order chi connectivity index (χ1) is 7.68. The Morgan fingerprint density at radius 2 is 1.94 bits per heavy atom. The fourth-order valence-corrected chi connectivity index (χ4v) is 1.99. The van der Waals surface area contributed by atoms with Crippen LogP contribution in [0.3, 0.4) is 0 Å². The van der Waals surface area contributed by atoms with Crippen molar-refractivity contribution in [3.8, 4) is 0 Å². The maximum atomic E-state index is 11.1. The van der Waals surface area contributed by atoms with E-state index in [-0.39, 0.29) is 5.92 Å². The van der Waals surface area contributed by atoms with Gasteiger partial charge >= 0.3 is 5.97 Å². The molecule has 0 saturated heterocycles. The maximum Gasteiger partial charge on any atom is 0.309 e. The van der Waals surface area contributed by atoms with Gasteiger partial charge in [-0.2, -0.15) is 0 Å². The van der Waals surface area contributed by atoms with Gasteiger partial charge in [-0.05, 0) is 30.7 Å². The van der Waals surface area contributed by atoms with Crippen molar-refractivity contribution in [3.63, 3.8) is 0 Å². The van der Waals surface area contributed by atoms with Crippen LogP contribution in [0.25, 0.3) is 0 Å². The van der Waals surface area contributed by atoms with E-state index in [2.05, 4.69) is 0 Å². The molecule has 1 fully saturated rings. The predicted octanol–water partition coefficient (Wildman–Crippen LogP) is 1.70. The van der Waals surface area contributed by atoms with E-state index in [4.69, 9.17) is 5.11 Å². The van der Waals surface area contributed by atoms with Crippen LogP contribution in [0.5, 0.6) is 0 Å². The second-order valence-electron chi connectivity index (χ2n) is 4.46. The lowest BCUT2D eigenvalue weighted by Crippen LogP contribution is -2.31. The molecule has 1 aliphatic carbocycles. The molecule has 16 heavy (non-hydrogen) atoms. The SMILES string of the molecule is O=C(O)C(Cc1ccccc1)C(O)C1CC1. The topological polar surface area (TPSA) is 57.5 Å². The van der Waals surface area contributed by atoms with Crippen LogP contribution in [0.15, 0.2) is 30.3 Å². The molecule has 0 amide bonds. The molecule has 2 unspecified atom stereocenters. The molecular formula is C13H16O3. The van der Waals surface area contributed by atoms with Gasteiger partial charge in [0.15, 0.2) is 0 Å². The van der Waals surface area contributed by atoms with E-state index in [0.29, 0.717) is 6.42 Å². The van der Waals surface area contributed by atoms with Crippen molar-refractivity contribution in [3.05, 3.63) is 35.9 Å². The number of carboxylic acid groups (broad SMARTS) is 1. The summed E-state index contributed by atoms with van der Waals surface area (Å²) in [4.78, 5) is 11.1. The number of aliphatic hydroxyl groups excluding tert-OH is 1. The van der Waals surface area contributed by atoms with E-state index in [1.54, 1.807) is 0 Å². The zero-order valence-corrected chi connectivity index (χ0v) is 9.04. The number of aliphatic hydroxyl groups is 1. The molecule has 0 radical (unpaired) electrons. The summed E-state index contributed by atoms with van der Waals surface area (Å²) in [7, 11) is 0. The number of hydrogen-bond donors (Lipinski definition) is 2. The van der Waals surface area contributed by atoms with Crippen LogP contribution >= 0.6 is 0 Å². The Labute approximate surface area is 94.7 Å². The van der Waals surface area contributed by atoms with E-state index < -0.39 is 18.0 Å². The lowest BCUT2D eigenvalue weighted by Gasteiger charge is -2.18. The van der Waals surface area contributed by atoms with Crippen molar-refractivity contribution in [2.75, 3.05) is 0 Å². The maximum absolute atomic E-state index is 11.1. The smallest absolute Gasteiger partial charge is 0.309 e. The third-order valence-corrected chi connectivity index (χ3v) is 3.13. The summed E-state index contributed by atoms with van der Waals surface area (Å²) in [5.41, 5.74) is 0.967. The summed E-state index contributed by atoms with van der Waals surface area (Å²) in [5, 5.41) is 19.0. The van der Waals surface area contributed by atoms with E-state index >= 15 is 0 Å². The average molecular weight is 220 g/mol. The van der Waals surface area contributed by atoms with Crippen molar-refractivity contribution in [2.45, 2.75) is 25.4 Å². The van der Waals surface area contributed by atoms with Crippen molar-refractivity contribution in [2.24, 2.45) is 11.8 Å². The van der Waals surface area contributed by atoms with E-state index in [1.807, 2.05) is 30.3 Å². The first kappa shape index (κ1) is 11.1. The number of benzene rings is 1. The normalized spacial score (nSPS) is 19.1. The van der Waals surface area contributed by atoms with Gasteiger partial charge in [0.1, 0.15) is 0 Å². The van der Waals surface area contributed by atoms with Crippen LogP contribution in [-0.4, -0.2) is 22.3 Å². The lowest BCUT2D eigenvalue weighted by molar-refractivity contribution is -0.146. The summed E-state index contributed by atoms with van der Waals surface area (Å²) in [5.74, 6) is -1.37.